The smallest absolute Gasteiger partial charge is 0.375 e. The van der Waals surface area contributed by atoms with E-state index < -0.39 is 11.6 Å². The van der Waals surface area contributed by atoms with Gasteiger partial charge in [0.05, 0.1) is 10.6 Å². The number of nitrogens with zero attached hydrogens (tertiary/aromatic N) is 2. The standard InChI is InChI=1S/C12H10F3N3S/c13-12(14,15)11(2-3-11)9-5-7(1-4-17-9)8-6-18-10(16)19-8/h1,4-6H,2-3H2,(H2,16,18). The molecule has 100 valence electrons. The zero-order chi connectivity index (χ0) is 13.7. The number of rotatable bonds is 2. The fourth-order valence-electron chi connectivity index (χ4n) is 2.08. The Morgan fingerprint density at radius 2 is 2.00 bits per heavy atom. The Balaban J connectivity index is 2.02. The molecule has 0 bridgehead atoms. The van der Waals surface area contributed by atoms with E-state index in [2.05, 4.69) is 9.97 Å². The van der Waals surface area contributed by atoms with E-state index in [0.717, 1.165) is 4.88 Å². The van der Waals surface area contributed by atoms with E-state index in [1.54, 1.807) is 12.3 Å². The fraction of sp³-hybridized carbons (Fsp3) is 0.333. The minimum atomic E-state index is -4.24. The lowest BCUT2D eigenvalue weighted by molar-refractivity contribution is -0.161. The number of thiazole rings is 1. The zero-order valence-electron chi connectivity index (χ0n) is 9.74. The summed E-state index contributed by atoms with van der Waals surface area (Å²) in [6.45, 7) is 0. The molecule has 0 amide bonds. The highest BCUT2D eigenvalue weighted by Crippen LogP contribution is 2.58. The molecule has 1 saturated carbocycles. The third-order valence-corrected chi connectivity index (χ3v) is 4.23. The Morgan fingerprint density at radius 1 is 1.26 bits per heavy atom. The second-order valence-corrected chi connectivity index (χ2v) is 5.63. The van der Waals surface area contributed by atoms with Crippen LogP contribution in [0, 0.1) is 0 Å². The van der Waals surface area contributed by atoms with Crippen LogP contribution in [0.4, 0.5) is 18.3 Å². The molecule has 0 aromatic carbocycles. The van der Waals surface area contributed by atoms with Crippen LogP contribution in [-0.2, 0) is 5.41 Å². The molecule has 1 aliphatic carbocycles. The largest absolute Gasteiger partial charge is 0.399 e. The molecule has 2 heterocycles. The number of nitrogen functional groups attached to an aromatic ring is 1. The van der Waals surface area contributed by atoms with Gasteiger partial charge in [0.15, 0.2) is 5.13 Å². The lowest BCUT2D eigenvalue weighted by Crippen LogP contribution is -2.29. The third kappa shape index (κ3) is 1.98. The maximum atomic E-state index is 13.1. The van der Waals surface area contributed by atoms with Crippen molar-refractivity contribution in [3.63, 3.8) is 0 Å². The Hall–Kier alpha value is -1.63. The van der Waals surface area contributed by atoms with Gasteiger partial charge in [0, 0.05) is 12.4 Å². The highest BCUT2D eigenvalue weighted by molar-refractivity contribution is 7.18. The Labute approximate surface area is 111 Å². The fourth-order valence-corrected chi connectivity index (χ4v) is 2.76. The van der Waals surface area contributed by atoms with E-state index in [4.69, 9.17) is 5.73 Å². The summed E-state index contributed by atoms with van der Waals surface area (Å²) >= 11 is 1.25. The first kappa shape index (κ1) is 12.4. The Morgan fingerprint density at radius 3 is 2.53 bits per heavy atom. The normalized spacial score (nSPS) is 17.4. The predicted molar refractivity (Wildman–Crippen MR) is 66.7 cm³/mol. The van der Waals surface area contributed by atoms with E-state index in [1.165, 1.54) is 23.6 Å². The molecule has 7 heteroatoms. The van der Waals surface area contributed by atoms with Crippen molar-refractivity contribution in [2.75, 3.05) is 5.73 Å². The van der Waals surface area contributed by atoms with Gasteiger partial charge in [0.25, 0.3) is 0 Å². The van der Waals surface area contributed by atoms with Crippen molar-refractivity contribution in [3.8, 4) is 10.4 Å². The molecule has 2 aromatic rings. The molecule has 0 unspecified atom stereocenters. The number of pyridine rings is 1. The Bertz CT molecular complexity index is 617. The summed E-state index contributed by atoms with van der Waals surface area (Å²) < 4.78 is 39.2. The van der Waals surface area contributed by atoms with Crippen molar-refractivity contribution < 1.29 is 13.2 Å². The molecular formula is C12H10F3N3S. The molecule has 0 radical (unpaired) electrons. The third-order valence-electron chi connectivity index (χ3n) is 3.35. The summed E-state index contributed by atoms with van der Waals surface area (Å²) in [4.78, 5) is 8.56. The van der Waals surface area contributed by atoms with Crippen LogP contribution in [0.5, 0.6) is 0 Å². The van der Waals surface area contributed by atoms with E-state index in [9.17, 15) is 13.2 Å². The van der Waals surface area contributed by atoms with E-state index >= 15 is 0 Å². The average Bonchev–Trinajstić information content (AvgIpc) is 3.07. The zero-order valence-corrected chi connectivity index (χ0v) is 10.6. The van der Waals surface area contributed by atoms with Gasteiger partial charge in [-0.25, -0.2) is 4.98 Å². The van der Waals surface area contributed by atoms with Crippen molar-refractivity contribution in [3.05, 3.63) is 30.2 Å². The highest BCUT2D eigenvalue weighted by atomic mass is 32.1. The molecule has 3 nitrogen and oxygen atoms in total. The monoisotopic (exact) mass is 285 g/mol. The molecule has 2 N–H and O–H groups in total. The summed E-state index contributed by atoms with van der Waals surface area (Å²) in [5.41, 5.74) is 4.55. The summed E-state index contributed by atoms with van der Waals surface area (Å²) in [5.74, 6) is 0. The minimum absolute atomic E-state index is 0.0875. The van der Waals surface area contributed by atoms with Gasteiger partial charge in [-0.3, -0.25) is 4.98 Å². The molecular weight excluding hydrogens is 275 g/mol. The molecule has 0 spiro atoms. The molecule has 3 rings (SSSR count). The second-order valence-electron chi connectivity index (χ2n) is 4.57. The first-order valence-corrected chi connectivity index (χ1v) is 6.49. The Kier molecular flexibility index (Phi) is 2.57. The molecule has 1 fully saturated rings. The maximum Gasteiger partial charge on any atom is 0.399 e. The van der Waals surface area contributed by atoms with Gasteiger partial charge >= 0.3 is 6.18 Å². The molecule has 0 saturated heterocycles. The van der Waals surface area contributed by atoms with Gasteiger partial charge in [-0.05, 0) is 30.5 Å². The number of nitrogens with two attached hydrogens (primary N) is 1. The molecule has 0 atom stereocenters. The number of hydrogen-bond donors (Lipinski definition) is 1. The maximum absolute atomic E-state index is 13.1. The van der Waals surface area contributed by atoms with Crippen LogP contribution in [0.15, 0.2) is 24.5 Å². The van der Waals surface area contributed by atoms with E-state index in [0.29, 0.717) is 10.7 Å². The predicted octanol–water partition coefficient (Wildman–Crippen LogP) is 3.38. The van der Waals surface area contributed by atoms with Crippen LogP contribution in [0.2, 0.25) is 0 Å². The topological polar surface area (TPSA) is 51.8 Å². The molecule has 1 aliphatic rings. The number of halogens is 3. The van der Waals surface area contributed by atoms with Crippen molar-refractivity contribution in [1.82, 2.24) is 9.97 Å². The van der Waals surface area contributed by atoms with E-state index in [1.807, 2.05) is 0 Å². The first-order valence-electron chi connectivity index (χ1n) is 5.67. The summed E-state index contributed by atoms with van der Waals surface area (Å²) in [7, 11) is 0. The van der Waals surface area contributed by atoms with Crippen LogP contribution >= 0.6 is 11.3 Å². The molecule has 2 aromatic heterocycles. The quantitative estimate of drug-likeness (QED) is 0.920. The van der Waals surface area contributed by atoms with Crippen molar-refractivity contribution >= 4 is 16.5 Å². The van der Waals surface area contributed by atoms with E-state index in [-0.39, 0.29) is 18.5 Å². The van der Waals surface area contributed by atoms with Gasteiger partial charge in [0.1, 0.15) is 5.41 Å². The number of hydrogen-bond acceptors (Lipinski definition) is 4. The molecule has 0 aliphatic heterocycles. The summed E-state index contributed by atoms with van der Waals surface area (Å²) in [5, 5.41) is 0.394. The van der Waals surface area contributed by atoms with Gasteiger partial charge in [0.2, 0.25) is 0 Å². The number of aromatic nitrogens is 2. The van der Waals surface area contributed by atoms with Crippen molar-refractivity contribution in [1.29, 1.82) is 0 Å². The molecule has 19 heavy (non-hydrogen) atoms. The lowest BCUT2D eigenvalue weighted by Gasteiger charge is -2.18. The van der Waals surface area contributed by atoms with Gasteiger partial charge < -0.3 is 5.73 Å². The number of anilines is 1. The van der Waals surface area contributed by atoms with Crippen LogP contribution < -0.4 is 5.73 Å². The number of alkyl halides is 3. The summed E-state index contributed by atoms with van der Waals surface area (Å²) in [6.07, 6.45) is -1.06. The lowest BCUT2D eigenvalue weighted by atomic mass is 9.99. The minimum Gasteiger partial charge on any atom is -0.375 e. The van der Waals surface area contributed by atoms with Crippen LogP contribution in [-0.4, -0.2) is 16.1 Å². The highest BCUT2D eigenvalue weighted by Gasteiger charge is 2.65. The SMILES string of the molecule is Nc1ncc(-c2ccnc(C3(C(F)(F)F)CC3)c2)s1. The van der Waals surface area contributed by atoms with Gasteiger partial charge in [-0.2, -0.15) is 13.2 Å². The van der Waals surface area contributed by atoms with Crippen LogP contribution in [0.25, 0.3) is 10.4 Å². The van der Waals surface area contributed by atoms with Crippen molar-refractivity contribution in [2.24, 2.45) is 0 Å². The van der Waals surface area contributed by atoms with Crippen molar-refractivity contribution in [2.45, 2.75) is 24.4 Å². The second kappa shape index (κ2) is 3.93. The van der Waals surface area contributed by atoms with Crippen LogP contribution in [0.1, 0.15) is 18.5 Å². The van der Waals surface area contributed by atoms with Crippen LogP contribution in [0.3, 0.4) is 0 Å². The summed E-state index contributed by atoms with van der Waals surface area (Å²) in [6, 6.07) is 3.16. The van der Waals surface area contributed by atoms with Gasteiger partial charge in [-0.15, -0.1) is 0 Å². The first-order chi connectivity index (χ1) is 8.92. The van der Waals surface area contributed by atoms with Gasteiger partial charge in [-0.1, -0.05) is 11.3 Å². The average molecular weight is 285 g/mol.